The average Bonchev–Trinajstić information content (AvgIpc) is 2.49. The van der Waals surface area contributed by atoms with Gasteiger partial charge in [0, 0.05) is 15.6 Å². The van der Waals surface area contributed by atoms with Gasteiger partial charge in [0.25, 0.3) is 0 Å². The number of hydrogen-bond acceptors (Lipinski definition) is 4. The summed E-state index contributed by atoms with van der Waals surface area (Å²) in [7, 11) is 0. The van der Waals surface area contributed by atoms with E-state index in [9.17, 15) is 0 Å². The minimum absolute atomic E-state index is 0.320. The van der Waals surface area contributed by atoms with Crippen LogP contribution in [0.2, 0.25) is 10.0 Å². The SMILES string of the molecule is CCOc1cc(C=NN)ccc1OCc1ccc(Cl)cc1Cl. The van der Waals surface area contributed by atoms with Gasteiger partial charge in [-0.2, -0.15) is 5.10 Å². The number of benzene rings is 2. The summed E-state index contributed by atoms with van der Waals surface area (Å²) in [6.45, 7) is 2.76. The highest BCUT2D eigenvalue weighted by Crippen LogP contribution is 2.30. The molecular weight excluding hydrogens is 323 g/mol. The van der Waals surface area contributed by atoms with Crippen LogP contribution in [0.3, 0.4) is 0 Å². The third-order valence-corrected chi connectivity index (χ3v) is 3.48. The second-order valence-corrected chi connectivity index (χ2v) is 5.29. The highest BCUT2D eigenvalue weighted by atomic mass is 35.5. The van der Waals surface area contributed by atoms with Gasteiger partial charge in [0.2, 0.25) is 0 Å². The molecule has 0 atom stereocenters. The Morgan fingerprint density at radius 3 is 2.59 bits per heavy atom. The van der Waals surface area contributed by atoms with Crippen LogP contribution in [0.5, 0.6) is 11.5 Å². The van der Waals surface area contributed by atoms with Gasteiger partial charge < -0.3 is 15.3 Å². The van der Waals surface area contributed by atoms with E-state index >= 15 is 0 Å². The Morgan fingerprint density at radius 1 is 1.09 bits per heavy atom. The van der Waals surface area contributed by atoms with Crippen molar-refractivity contribution in [1.29, 1.82) is 0 Å². The number of nitrogens with zero attached hydrogens (tertiary/aromatic N) is 1. The molecule has 6 heteroatoms. The number of ether oxygens (including phenoxy) is 2. The third-order valence-electron chi connectivity index (χ3n) is 2.89. The molecule has 4 nitrogen and oxygen atoms in total. The molecule has 0 aromatic heterocycles. The van der Waals surface area contributed by atoms with Crippen molar-refractivity contribution >= 4 is 29.4 Å². The summed E-state index contributed by atoms with van der Waals surface area (Å²) in [6.07, 6.45) is 1.54. The summed E-state index contributed by atoms with van der Waals surface area (Å²) >= 11 is 12.0. The molecule has 22 heavy (non-hydrogen) atoms. The van der Waals surface area contributed by atoms with Gasteiger partial charge in [0.1, 0.15) is 6.61 Å². The van der Waals surface area contributed by atoms with Crippen LogP contribution < -0.4 is 15.3 Å². The van der Waals surface area contributed by atoms with Crippen LogP contribution in [0.25, 0.3) is 0 Å². The van der Waals surface area contributed by atoms with Crippen LogP contribution in [0.15, 0.2) is 41.5 Å². The van der Waals surface area contributed by atoms with Crippen molar-refractivity contribution in [2.75, 3.05) is 6.61 Å². The van der Waals surface area contributed by atoms with Crippen LogP contribution in [0.1, 0.15) is 18.1 Å². The van der Waals surface area contributed by atoms with Gasteiger partial charge in [-0.3, -0.25) is 0 Å². The molecule has 0 bridgehead atoms. The molecule has 0 amide bonds. The van der Waals surface area contributed by atoms with Crippen LogP contribution in [0.4, 0.5) is 0 Å². The highest BCUT2D eigenvalue weighted by Gasteiger charge is 2.08. The van der Waals surface area contributed by atoms with E-state index in [-0.39, 0.29) is 0 Å². The first-order valence-electron chi connectivity index (χ1n) is 6.71. The molecule has 2 rings (SSSR count). The minimum atomic E-state index is 0.320. The van der Waals surface area contributed by atoms with Crippen molar-refractivity contribution in [3.63, 3.8) is 0 Å². The molecule has 0 aliphatic rings. The maximum atomic E-state index is 6.14. The van der Waals surface area contributed by atoms with Gasteiger partial charge in [-0.15, -0.1) is 0 Å². The number of hydrazone groups is 1. The number of hydrogen-bond donors (Lipinski definition) is 1. The molecule has 2 aromatic rings. The lowest BCUT2D eigenvalue weighted by atomic mass is 10.2. The molecule has 0 fully saturated rings. The monoisotopic (exact) mass is 338 g/mol. The Morgan fingerprint density at radius 2 is 1.91 bits per heavy atom. The lowest BCUT2D eigenvalue weighted by Crippen LogP contribution is -2.01. The summed E-state index contributed by atoms with van der Waals surface area (Å²) in [6, 6.07) is 10.8. The molecule has 0 saturated carbocycles. The summed E-state index contributed by atoms with van der Waals surface area (Å²) in [5.41, 5.74) is 1.68. The Hall–Kier alpha value is -1.91. The average molecular weight is 339 g/mol. The minimum Gasteiger partial charge on any atom is -0.490 e. The molecule has 2 aromatic carbocycles. The predicted octanol–water partition coefficient (Wildman–Crippen LogP) is 4.26. The zero-order valence-corrected chi connectivity index (χ0v) is 13.6. The Balaban J connectivity index is 2.17. The smallest absolute Gasteiger partial charge is 0.161 e. The van der Waals surface area contributed by atoms with Gasteiger partial charge in [0.05, 0.1) is 12.8 Å². The molecule has 0 aliphatic carbocycles. The van der Waals surface area contributed by atoms with Crippen molar-refractivity contribution < 1.29 is 9.47 Å². The Bertz CT molecular complexity index is 675. The zero-order chi connectivity index (χ0) is 15.9. The molecule has 0 saturated heterocycles. The lowest BCUT2D eigenvalue weighted by Gasteiger charge is -2.13. The number of nitrogens with two attached hydrogens (primary N) is 1. The van der Waals surface area contributed by atoms with Crippen molar-refractivity contribution in [3.8, 4) is 11.5 Å². The van der Waals surface area contributed by atoms with Crippen molar-refractivity contribution in [2.24, 2.45) is 10.9 Å². The first kappa shape index (κ1) is 16.5. The normalized spacial score (nSPS) is 10.9. The van der Waals surface area contributed by atoms with Crippen molar-refractivity contribution in [1.82, 2.24) is 0 Å². The van der Waals surface area contributed by atoms with E-state index in [1.807, 2.05) is 31.2 Å². The summed E-state index contributed by atoms with van der Waals surface area (Å²) in [5.74, 6) is 6.41. The molecule has 0 heterocycles. The van der Waals surface area contributed by atoms with Crippen LogP contribution in [0, 0.1) is 0 Å². The van der Waals surface area contributed by atoms with Gasteiger partial charge in [0.15, 0.2) is 11.5 Å². The fourth-order valence-corrected chi connectivity index (χ4v) is 2.34. The van der Waals surface area contributed by atoms with E-state index in [4.69, 9.17) is 38.5 Å². The van der Waals surface area contributed by atoms with E-state index < -0.39 is 0 Å². The highest BCUT2D eigenvalue weighted by molar-refractivity contribution is 6.35. The second kappa shape index (κ2) is 7.92. The maximum absolute atomic E-state index is 6.14. The second-order valence-electron chi connectivity index (χ2n) is 4.44. The summed E-state index contributed by atoms with van der Waals surface area (Å²) in [4.78, 5) is 0. The number of rotatable bonds is 6. The quantitative estimate of drug-likeness (QED) is 0.486. The number of halogens is 2. The van der Waals surface area contributed by atoms with Crippen molar-refractivity contribution in [2.45, 2.75) is 13.5 Å². The summed E-state index contributed by atoms with van der Waals surface area (Å²) in [5, 5.41) is 4.66. The molecule has 116 valence electrons. The van der Waals surface area contributed by atoms with Crippen molar-refractivity contribution in [3.05, 3.63) is 57.6 Å². The van der Waals surface area contributed by atoms with E-state index in [1.165, 1.54) is 0 Å². The molecule has 2 N–H and O–H groups in total. The van der Waals surface area contributed by atoms with Gasteiger partial charge >= 0.3 is 0 Å². The fourth-order valence-electron chi connectivity index (χ4n) is 1.87. The molecular formula is C16H16Cl2N2O2. The Kier molecular flexibility index (Phi) is 5.92. The van der Waals surface area contributed by atoms with E-state index in [2.05, 4.69) is 5.10 Å². The van der Waals surface area contributed by atoms with Gasteiger partial charge in [-0.05, 0) is 42.8 Å². The molecule has 0 aliphatic heterocycles. The fraction of sp³-hybridized carbons (Fsp3) is 0.188. The lowest BCUT2D eigenvalue weighted by molar-refractivity contribution is 0.269. The topological polar surface area (TPSA) is 56.8 Å². The van der Waals surface area contributed by atoms with E-state index in [1.54, 1.807) is 18.3 Å². The zero-order valence-electron chi connectivity index (χ0n) is 12.1. The van der Waals surface area contributed by atoms with Crippen LogP contribution in [-0.2, 0) is 6.61 Å². The van der Waals surface area contributed by atoms with E-state index in [0.29, 0.717) is 34.8 Å². The summed E-state index contributed by atoms with van der Waals surface area (Å²) < 4.78 is 11.4. The first-order valence-corrected chi connectivity index (χ1v) is 7.46. The van der Waals surface area contributed by atoms with Gasteiger partial charge in [-0.1, -0.05) is 29.3 Å². The first-order chi connectivity index (χ1) is 10.6. The molecule has 0 radical (unpaired) electrons. The largest absolute Gasteiger partial charge is 0.490 e. The predicted molar refractivity (Wildman–Crippen MR) is 90.2 cm³/mol. The Labute approximate surface area is 139 Å². The maximum Gasteiger partial charge on any atom is 0.161 e. The standard InChI is InChI=1S/C16H16Cl2N2O2/c1-2-21-16-7-11(9-20-19)3-6-15(16)22-10-12-4-5-13(17)8-14(12)18/h3-9H,2,10,19H2,1H3. The van der Waals surface area contributed by atoms with Crippen LogP contribution in [-0.4, -0.2) is 12.8 Å². The molecule has 0 unspecified atom stereocenters. The third kappa shape index (κ3) is 4.29. The van der Waals surface area contributed by atoms with Gasteiger partial charge in [-0.25, -0.2) is 0 Å². The molecule has 0 spiro atoms. The van der Waals surface area contributed by atoms with Crippen LogP contribution >= 0.6 is 23.2 Å². The van der Waals surface area contributed by atoms with E-state index in [0.717, 1.165) is 11.1 Å².